The van der Waals surface area contributed by atoms with E-state index in [2.05, 4.69) is 0 Å². The first-order valence-electron chi connectivity index (χ1n) is 6.37. The van der Waals surface area contributed by atoms with Gasteiger partial charge in [0, 0.05) is 24.1 Å². The van der Waals surface area contributed by atoms with Crippen molar-refractivity contribution in [2.24, 2.45) is 11.7 Å². The SMILES string of the molecule is COCO[C@@](CC(C)C)(OC(N)=O)c1ccc(Cl)cc1Cl. The Morgan fingerprint density at radius 3 is 2.52 bits per heavy atom. The second-order valence-electron chi connectivity index (χ2n) is 4.95. The molecule has 1 rings (SSSR count). The van der Waals surface area contributed by atoms with Crippen LogP contribution in [-0.2, 0) is 20.0 Å². The van der Waals surface area contributed by atoms with Crippen molar-refractivity contribution in [3.05, 3.63) is 33.8 Å². The van der Waals surface area contributed by atoms with Gasteiger partial charge in [-0.3, -0.25) is 0 Å². The van der Waals surface area contributed by atoms with Gasteiger partial charge in [0.1, 0.15) is 0 Å². The highest BCUT2D eigenvalue weighted by Gasteiger charge is 2.40. The second kappa shape index (κ2) is 7.84. The minimum Gasteiger partial charge on any atom is -0.412 e. The van der Waals surface area contributed by atoms with Crippen molar-refractivity contribution < 1.29 is 19.0 Å². The second-order valence-corrected chi connectivity index (χ2v) is 5.79. The highest BCUT2D eigenvalue weighted by molar-refractivity contribution is 6.35. The minimum absolute atomic E-state index is 0.0844. The summed E-state index contributed by atoms with van der Waals surface area (Å²) in [6.07, 6.45) is -0.599. The van der Waals surface area contributed by atoms with E-state index in [0.29, 0.717) is 22.0 Å². The lowest BCUT2D eigenvalue weighted by molar-refractivity contribution is -0.255. The van der Waals surface area contributed by atoms with Gasteiger partial charge in [0.05, 0.1) is 5.02 Å². The fourth-order valence-electron chi connectivity index (χ4n) is 2.03. The Balaban J connectivity index is 3.32. The first kappa shape index (κ1) is 18.0. The summed E-state index contributed by atoms with van der Waals surface area (Å²) in [6, 6.07) is 4.83. The van der Waals surface area contributed by atoms with Crippen LogP contribution in [0.4, 0.5) is 4.79 Å². The van der Waals surface area contributed by atoms with Crippen LogP contribution in [0.1, 0.15) is 25.8 Å². The van der Waals surface area contributed by atoms with Gasteiger partial charge in [0.25, 0.3) is 0 Å². The molecule has 1 aromatic rings. The number of rotatable bonds is 7. The number of amides is 1. The summed E-state index contributed by atoms with van der Waals surface area (Å²) in [4.78, 5) is 11.3. The van der Waals surface area contributed by atoms with Crippen LogP contribution < -0.4 is 5.73 Å². The molecule has 1 aromatic carbocycles. The van der Waals surface area contributed by atoms with E-state index in [1.54, 1.807) is 18.2 Å². The van der Waals surface area contributed by atoms with E-state index in [0.717, 1.165) is 0 Å². The van der Waals surface area contributed by atoms with E-state index in [-0.39, 0.29) is 12.7 Å². The molecule has 5 nitrogen and oxygen atoms in total. The van der Waals surface area contributed by atoms with Gasteiger partial charge in [-0.15, -0.1) is 0 Å². The van der Waals surface area contributed by atoms with Gasteiger partial charge in [0.15, 0.2) is 6.79 Å². The topological polar surface area (TPSA) is 70.8 Å². The molecular formula is C14H19Cl2NO4. The largest absolute Gasteiger partial charge is 0.412 e. The Hall–Kier alpha value is -1.01. The van der Waals surface area contributed by atoms with E-state index in [1.165, 1.54) is 7.11 Å². The lowest BCUT2D eigenvalue weighted by Crippen LogP contribution is -2.39. The number of carbonyl (C=O) groups is 1. The Kier molecular flexibility index (Phi) is 6.74. The van der Waals surface area contributed by atoms with E-state index >= 15 is 0 Å². The maximum absolute atomic E-state index is 11.3. The number of nitrogens with two attached hydrogens (primary N) is 1. The molecule has 0 unspecified atom stereocenters. The summed E-state index contributed by atoms with van der Waals surface area (Å²) in [6.45, 7) is 3.83. The zero-order valence-corrected chi connectivity index (χ0v) is 13.7. The van der Waals surface area contributed by atoms with Crippen molar-refractivity contribution in [2.75, 3.05) is 13.9 Å². The Labute approximate surface area is 134 Å². The number of methoxy groups -OCH3 is 1. The van der Waals surface area contributed by atoms with Gasteiger partial charge >= 0.3 is 6.09 Å². The van der Waals surface area contributed by atoms with Gasteiger partial charge in [-0.1, -0.05) is 37.0 Å². The van der Waals surface area contributed by atoms with Crippen molar-refractivity contribution in [1.82, 2.24) is 0 Å². The molecule has 0 spiro atoms. The molecule has 0 fully saturated rings. The maximum atomic E-state index is 11.3. The fourth-order valence-corrected chi connectivity index (χ4v) is 2.58. The summed E-state index contributed by atoms with van der Waals surface area (Å²) in [5.74, 6) is -1.27. The average molecular weight is 336 g/mol. The number of halogens is 2. The molecule has 0 radical (unpaired) electrons. The first-order valence-corrected chi connectivity index (χ1v) is 7.13. The van der Waals surface area contributed by atoms with Gasteiger partial charge < -0.3 is 19.9 Å². The molecule has 118 valence electrons. The lowest BCUT2D eigenvalue weighted by Gasteiger charge is -2.34. The van der Waals surface area contributed by atoms with Crippen LogP contribution in [0.25, 0.3) is 0 Å². The maximum Gasteiger partial charge on any atom is 0.407 e. The van der Waals surface area contributed by atoms with Gasteiger partial charge in [-0.05, 0) is 24.1 Å². The zero-order chi connectivity index (χ0) is 16.0. The zero-order valence-electron chi connectivity index (χ0n) is 12.2. The molecule has 21 heavy (non-hydrogen) atoms. The standard InChI is InChI=1S/C14H19Cl2NO4/c1-9(2)7-14(20-8-19-3,21-13(17)18)11-5-4-10(15)6-12(11)16/h4-6,9H,7-8H2,1-3H3,(H2,17,18)/t14-/m0/s1. The number of hydrogen-bond acceptors (Lipinski definition) is 4. The fraction of sp³-hybridized carbons (Fsp3) is 0.500. The van der Waals surface area contributed by atoms with Gasteiger partial charge in [-0.2, -0.15) is 0 Å². The van der Waals surface area contributed by atoms with Crippen LogP contribution >= 0.6 is 23.2 Å². The van der Waals surface area contributed by atoms with Crippen molar-refractivity contribution in [2.45, 2.75) is 26.1 Å². The van der Waals surface area contributed by atoms with E-state index in [9.17, 15) is 4.79 Å². The molecule has 0 bridgehead atoms. The summed E-state index contributed by atoms with van der Waals surface area (Å²) in [5, 5.41) is 0.786. The minimum atomic E-state index is -1.42. The number of primary amides is 1. The van der Waals surface area contributed by atoms with Crippen LogP contribution in [-0.4, -0.2) is 20.0 Å². The highest BCUT2D eigenvalue weighted by atomic mass is 35.5. The number of carbonyl (C=O) groups excluding carboxylic acids is 1. The molecular weight excluding hydrogens is 317 g/mol. The van der Waals surface area contributed by atoms with Crippen molar-refractivity contribution >= 4 is 29.3 Å². The third-order valence-corrected chi connectivity index (χ3v) is 3.24. The highest BCUT2D eigenvalue weighted by Crippen LogP contribution is 2.39. The molecule has 0 aliphatic carbocycles. The summed E-state index contributed by atoms with van der Waals surface area (Å²) >= 11 is 12.1. The monoisotopic (exact) mass is 335 g/mol. The predicted octanol–water partition coefficient (Wildman–Crippen LogP) is 3.91. The van der Waals surface area contributed by atoms with Crippen molar-refractivity contribution in [1.29, 1.82) is 0 Å². The molecule has 0 aliphatic rings. The summed E-state index contributed by atoms with van der Waals surface area (Å²) in [5.41, 5.74) is 5.66. The molecule has 0 saturated carbocycles. The third kappa shape index (κ3) is 5.04. The third-order valence-electron chi connectivity index (χ3n) is 2.69. The first-order chi connectivity index (χ1) is 9.80. The van der Waals surface area contributed by atoms with Crippen LogP contribution in [0, 0.1) is 5.92 Å². The van der Waals surface area contributed by atoms with Crippen LogP contribution in [0.2, 0.25) is 10.0 Å². The molecule has 1 atom stereocenters. The van der Waals surface area contributed by atoms with Gasteiger partial charge in [-0.25, -0.2) is 4.79 Å². The quantitative estimate of drug-likeness (QED) is 0.767. The van der Waals surface area contributed by atoms with Gasteiger partial charge in [0.2, 0.25) is 5.79 Å². The van der Waals surface area contributed by atoms with E-state index in [4.69, 9.17) is 43.1 Å². The predicted molar refractivity (Wildman–Crippen MR) is 81.2 cm³/mol. The molecule has 7 heteroatoms. The smallest absolute Gasteiger partial charge is 0.407 e. The molecule has 1 amide bonds. The summed E-state index contributed by atoms with van der Waals surface area (Å²) < 4.78 is 15.8. The van der Waals surface area contributed by atoms with Crippen molar-refractivity contribution in [3.63, 3.8) is 0 Å². The summed E-state index contributed by atoms with van der Waals surface area (Å²) in [7, 11) is 1.47. The molecule has 0 saturated heterocycles. The number of ether oxygens (including phenoxy) is 3. The molecule has 0 aliphatic heterocycles. The molecule has 0 heterocycles. The van der Waals surface area contributed by atoms with Crippen LogP contribution in [0.5, 0.6) is 0 Å². The Morgan fingerprint density at radius 1 is 1.38 bits per heavy atom. The molecule has 2 N–H and O–H groups in total. The van der Waals surface area contributed by atoms with E-state index in [1.807, 2.05) is 13.8 Å². The lowest BCUT2D eigenvalue weighted by atomic mass is 9.95. The normalized spacial score (nSPS) is 14.0. The average Bonchev–Trinajstić information content (AvgIpc) is 2.34. The Morgan fingerprint density at radius 2 is 2.05 bits per heavy atom. The van der Waals surface area contributed by atoms with Crippen LogP contribution in [0.3, 0.4) is 0 Å². The Bertz CT molecular complexity index is 496. The van der Waals surface area contributed by atoms with Crippen molar-refractivity contribution in [3.8, 4) is 0 Å². The molecule has 0 aromatic heterocycles. The number of hydrogen-bond donors (Lipinski definition) is 1. The van der Waals surface area contributed by atoms with Crippen LogP contribution in [0.15, 0.2) is 18.2 Å². The number of benzene rings is 1. The van der Waals surface area contributed by atoms with E-state index < -0.39 is 11.9 Å².